The van der Waals surface area contributed by atoms with Crippen molar-refractivity contribution in [3.05, 3.63) is 53.5 Å². The number of methoxy groups -OCH3 is 1. The van der Waals surface area contributed by atoms with Crippen molar-refractivity contribution in [1.82, 2.24) is 14.9 Å². The van der Waals surface area contributed by atoms with Crippen LogP contribution in [0, 0.1) is 0 Å². The first-order valence-corrected chi connectivity index (χ1v) is 14.3. The lowest BCUT2D eigenvalue weighted by molar-refractivity contribution is 0.0814. The van der Waals surface area contributed by atoms with Crippen molar-refractivity contribution in [3.63, 3.8) is 0 Å². The number of halogens is 1. The van der Waals surface area contributed by atoms with Gasteiger partial charge in [0, 0.05) is 72.9 Å². The molecule has 0 bridgehead atoms. The van der Waals surface area contributed by atoms with Gasteiger partial charge in [0.1, 0.15) is 10.7 Å². The molecule has 4 rings (SSSR count). The summed E-state index contributed by atoms with van der Waals surface area (Å²) in [6, 6.07) is 11.1. The second kappa shape index (κ2) is 12.7. The fraction of sp³-hybridized carbons (Fsp3) is 0.400. The summed E-state index contributed by atoms with van der Waals surface area (Å²) >= 11 is 7.37. The highest BCUT2D eigenvalue weighted by molar-refractivity contribution is 7.99. The highest BCUT2D eigenvalue weighted by atomic mass is 35.5. The lowest BCUT2D eigenvalue weighted by Gasteiger charge is -2.29. The SMILES string of the molecule is COCCCOC(=O)N1CCC(c2nc(-c3ccc(S(C)=O)cc3)c(Sc3ccc(Cl)cn3)o2)CC1. The molecule has 2 aromatic heterocycles. The van der Waals surface area contributed by atoms with E-state index in [1.165, 1.54) is 11.8 Å². The van der Waals surface area contributed by atoms with Crippen molar-refractivity contribution in [1.29, 1.82) is 0 Å². The van der Waals surface area contributed by atoms with Crippen molar-refractivity contribution in [2.24, 2.45) is 0 Å². The molecule has 0 radical (unpaired) electrons. The van der Waals surface area contributed by atoms with Gasteiger partial charge in [-0.2, -0.15) is 0 Å². The number of carbonyl (C=O) groups excluding carboxylic acids is 1. The summed E-state index contributed by atoms with van der Waals surface area (Å²) in [6.07, 6.45) is 5.08. The van der Waals surface area contributed by atoms with Gasteiger partial charge in [-0.15, -0.1) is 0 Å². The topological polar surface area (TPSA) is 94.8 Å². The van der Waals surface area contributed by atoms with E-state index in [4.69, 9.17) is 30.5 Å². The standard InChI is InChI=1S/C25H28ClN3O5S2/c1-32-14-3-15-33-25(30)29-12-10-18(11-13-29)23-28-22(17-4-7-20(8-5-17)36(2)31)24(34-23)35-21-9-6-19(26)16-27-21/h4-9,16,18H,3,10-15H2,1-2H3. The van der Waals surface area contributed by atoms with Crippen LogP contribution < -0.4 is 0 Å². The molecule has 192 valence electrons. The first-order valence-electron chi connectivity index (χ1n) is 11.6. The molecule has 3 heterocycles. The van der Waals surface area contributed by atoms with Crippen LogP contribution in [0.5, 0.6) is 0 Å². The molecule has 0 aliphatic carbocycles. The Bertz CT molecular complexity index is 1180. The monoisotopic (exact) mass is 549 g/mol. The third-order valence-corrected chi connectivity index (χ3v) is 7.86. The maximum absolute atomic E-state index is 12.3. The van der Waals surface area contributed by atoms with E-state index in [0.717, 1.165) is 28.3 Å². The Morgan fingerprint density at radius 1 is 1.19 bits per heavy atom. The van der Waals surface area contributed by atoms with Gasteiger partial charge in [0.05, 0.1) is 11.6 Å². The third kappa shape index (κ3) is 6.88. The number of piperidine rings is 1. The van der Waals surface area contributed by atoms with Crippen molar-refractivity contribution in [2.75, 3.05) is 39.7 Å². The summed E-state index contributed by atoms with van der Waals surface area (Å²) < 4.78 is 28.4. The molecule has 1 fully saturated rings. The molecule has 1 aromatic carbocycles. The minimum atomic E-state index is -1.06. The predicted octanol–water partition coefficient (Wildman–Crippen LogP) is 5.63. The van der Waals surface area contributed by atoms with E-state index in [1.54, 1.807) is 30.5 Å². The fourth-order valence-corrected chi connectivity index (χ4v) is 5.28. The molecular weight excluding hydrogens is 522 g/mol. The van der Waals surface area contributed by atoms with Crippen LogP contribution in [0.3, 0.4) is 0 Å². The smallest absolute Gasteiger partial charge is 0.409 e. The van der Waals surface area contributed by atoms with Crippen LogP contribution in [0.15, 0.2) is 62.0 Å². The van der Waals surface area contributed by atoms with Gasteiger partial charge in [0.25, 0.3) is 0 Å². The zero-order chi connectivity index (χ0) is 25.5. The van der Waals surface area contributed by atoms with Crippen LogP contribution in [-0.4, -0.2) is 64.8 Å². The Morgan fingerprint density at radius 3 is 2.58 bits per heavy atom. The van der Waals surface area contributed by atoms with Gasteiger partial charge in [0.15, 0.2) is 11.0 Å². The number of rotatable bonds is 9. The van der Waals surface area contributed by atoms with Gasteiger partial charge in [-0.25, -0.2) is 14.8 Å². The van der Waals surface area contributed by atoms with Gasteiger partial charge in [-0.05, 0) is 48.9 Å². The molecule has 1 atom stereocenters. The number of hydrogen-bond acceptors (Lipinski definition) is 8. The number of ether oxygens (including phenoxy) is 2. The van der Waals surface area contributed by atoms with E-state index in [1.807, 2.05) is 30.3 Å². The second-order valence-electron chi connectivity index (χ2n) is 8.31. The number of hydrogen-bond donors (Lipinski definition) is 0. The summed E-state index contributed by atoms with van der Waals surface area (Å²) in [6.45, 7) is 2.06. The van der Waals surface area contributed by atoms with Gasteiger partial charge >= 0.3 is 6.09 Å². The first kappa shape index (κ1) is 26.7. The zero-order valence-corrected chi connectivity index (χ0v) is 22.5. The lowest BCUT2D eigenvalue weighted by atomic mass is 9.97. The molecule has 0 spiro atoms. The normalized spacial score (nSPS) is 15.1. The number of likely N-dealkylation sites (tertiary alicyclic amines) is 1. The van der Waals surface area contributed by atoms with Crippen molar-refractivity contribution < 1.29 is 22.9 Å². The van der Waals surface area contributed by atoms with Crippen LogP contribution in [0.4, 0.5) is 4.79 Å². The summed E-state index contributed by atoms with van der Waals surface area (Å²) in [5.41, 5.74) is 1.58. The molecule has 0 saturated carbocycles. The number of pyridine rings is 1. The fourth-order valence-electron chi connectivity index (χ4n) is 3.83. The Morgan fingerprint density at radius 2 is 1.94 bits per heavy atom. The lowest BCUT2D eigenvalue weighted by Crippen LogP contribution is -2.38. The molecule has 1 saturated heterocycles. The van der Waals surface area contributed by atoms with Crippen molar-refractivity contribution >= 4 is 40.3 Å². The zero-order valence-electron chi connectivity index (χ0n) is 20.1. The maximum Gasteiger partial charge on any atom is 0.409 e. The molecule has 11 heteroatoms. The highest BCUT2D eigenvalue weighted by Crippen LogP contribution is 2.39. The maximum atomic E-state index is 12.3. The Balaban J connectivity index is 1.50. The van der Waals surface area contributed by atoms with E-state index >= 15 is 0 Å². The molecule has 1 unspecified atom stereocenters. The van der Waals surface area contributed by atoms with E-state index in [2.05, 4.69) is 4.98 Å². The molecule has 0 N–H and O–H groups in total. The summed E-state index contributed by atoms with van der Waals surface area (Å²) in [5, 5.41) is 1.93. The number of carbonyl (C=O) groups is 1. The van der Waals surface area contributed by atoms with Crippen LogP contribution in [-0.2, 0) is 20.3 Å². The number of oxazole rings is 1. The molecule has 1 aliphatic rings. The van der Waals surface area contributed by atoms with Gasteiger partial charge in [-0.3, -0.25) is 4.21 Å². The average molecular weight is 550 g/mol. The Kier molecular flexibility index (Phi) is 9.41. The minimum Gasteiger partial charge on any atom is -0.449 e. The number of aromatic nitrogens is 2. The molecule has 3 aromatic rings. The van der Waals surface area contributed by atoms with Crippen molar-refractivity contribution in [2.45, 2.75) is 40.2 Å². The summed E-state index contributed by atoms with van der Waals surface area (Å²) in [4.78, 5) is 24.0. The largest absolute Gasteiger partial charge is 0.449 e. The Hall–Kier alpha value is -2.40. The van der Waals surface area contributed by atoms with Crippen molar-refractivity contribution in [3.8, 4) is 11.3 Å². The first-order chi connectivity index (χ1) is 17.4. The van der Waals surface area contributed by atoms with Crippen LogP contribution in [0.2, 0.25) is 5.02 Å². The van der Waals surface area contributed by atoms with Gasteiger partial charge in [0.2, 0.25) is 0 Å². The average Bonchev–Trinajstić information content (AvgIpc) is 3.31. The highest BCUT2D eigenvalue weighted by Gasteiger charge is 2.29. The number of amides is 1. The predicted molar refractivity (Wildman–Crippen MR) is 139 cm³/mol. The third-order valence-electron chi connectivity index (χ3n) is 5.79. The van der Waals surface area contributed by atoms with E-state index in [9.17, 15) is 9.00 Å². The molecule has 8 nitrogen and oxygen atoms in total. The van der Waals surface area contributed by atoms with Gasteiger partial charge in [-0.1, -0.05) is 23.7 Å². The molecule has 36 heavy (non-hydrogen) atoms. The van der Waals surface area contributed by atoms with Crippen LogP contribution in [0.25, 0.3) is 11.3 Å². The molecular formula is C25H28ClN3O5S2. The van der Waals surface area contributed by atoms with E-state index < -0.39 is 10.8 Å². The second-order valence-corrected chi connectivity index (χ2v) is 11.1. The van der Waals surface area contributed by atoms with Crippen LogP contribution >= 0.6 is 23.4 Å². The Labute approximate surface area is 222 Å². The van der Waals surface area contributed by atoms with Gasteiger partial charge < -0.3 is 18.8 Å². The van der Waals surface area contributed by atoms with E-state index in [-0.39, 0.29) is 12.0 Å². The van der Waals surface area contributed by atoms with Crippen LogP contribution in [0.1, 0.15) is 31.1 Å². The number of benzene rings is 1. The quantitative estimate of drug-likeness (QED) is 0.317. The summed E-state index contributed by atoms with van der Waals surface area (Å²) in [7, 11) is 0.561. The summed E-state index contributed by atoms with van der Waals surface area (Å²) in [5.74, 6) is 0.717. The molecule has 1 aliphatic heterocycles. The minimum absolute atomic E-state index is 0.0798. The van der Waals surface area contributed by atoms with E-state index in [0.29, 0.717) is 54.4 Å². The molecule has 1 amide bonds. The number of nitrogens with zero attached hydrogens (tertiary/aromatic N) is 3.